The molecule has 0 aromatic carbocycles. The number of methoxy groups -OCH3 is 1. The fourth-order valence-corrected chi connectivity index (χ4v) is 3.12. The second kappa shape index (κ2) is 1.84. The lowest BCUT2D eigenvalue weighted by Gasteiger charge is -2.32. The molecule has 3 nitrogen and oxygen atoms in total. The van der Waals surface area contributed by atoms with Crippen LogP contribution in [0.4, 0.5) is 0 Å². The van der Waals surface area contributed by atoms with Gasteiger partial charge >= 0.3 is 5.97 Å². The Bertz CT molecular complexity index is 250. The van der Waals surface area contributed by atoms with Crippen molar-refractivity contribution in [3.05, 3.63) is 0 Å². The number of esters is 1. The monoisotopic (exact) mass is 168 g/mol. The van der Waals surface area contributed by atoms with Crippen molar-refractivity contribution in [2.45, 2.75) is 31.0 Å². The van der Waals surface area contributed by atoms with Gasteiger partial charge in [0.1, 0.15) is 6.10 Å². The van der Waals surface area contributed by atoms with Crippen molar-refractivity contribution in [2.75, 3.05) is 7.11 Å². The number of fused-ring (bicyclic) bond motifs is 4. The summed E-state index contributed by atoms with van der Waals surface area (Å²) >= 11 is 0. The lowest BCUT2D eigenvalue weighted by Crippen LogP contribution is -2.49. The van der Waals surface area contributed by atoms with Gasteiger partial charge in [0.2, 0.25) is 0 Å². The first kappa shape index (κ1) is 6.89. The van der Waals surface area contributed by atoms with Crippen molar-refractivity contribution >= 4 is 5.97 Å². The third-order valence-corrected chi connectivity index (χ3v) is 3.70. The van der Waals surface area contributed by atoms with Crippen LogP contribution in [0.5, 0.6) is 0 Å². The minimum Gasteiger partial charge on any atom is -0.467 e. The van der Waals surface area contributed by atoms with E-state index in [1.807, 2.05) is 0 Å². The van der Waals surface area contributed by atoms with Gasteiger partial charge < -0.3 is 9.47 Å². The second-order valence-electron chi connectivity index (χ2n) is 4.02. The highest BCUT2D eigenvalue weighted by molar-refractivity contribution is 5.86. The van der Waals surface area contributed by atoms with Crippen LogP contribution in [0.2, 0.25) is 0 Å². The normalized spacial score (nSPS) is 53.6. The molecular weight excluding hydrogens is 156 g/mol. The zero-order valence-electron chi connectivity index (χ0n) is 7.08. The molecular formula is C9H12O3. The highest BCUT2D eigenvalue weighted by Gasteiger charge is 2.81. The molecule has 3 rings (SSSR count). The molecule has 4 atom stereocenters. The number of rotatable bonds is 1. The van der Waals surface area contributed by atoms with Crippen LogP contribution in [0.1, 0.15) is 19.3 Å². The van der Waals surface area contributed by atoms with E-state index >= 15 is 0 Å². The topological polar surface area (TPSA) is 38.8 Å². The van der Waals surface area contributed by atoms with Crippen molar-refractivity contribution in [3.8, 4) is 0 Å². The Morgan fingerprint density at radius 1 is 1.58 bits per heavy atom. The van der Waals surface area contributed by atoms with Crippen LogP contribution in [0.25, 0.3) is 0 Å². The molecule has 3 heteroatoms. The average Bonchev–Trinajstić information content (AvgIpc) is 2.55. The summed E-state index contributed by atoms with van der Waals surface area (Å²) in [5.74, 6) is 1.01. The molecule has 2 saturated carbocycles. The van der Waals surface area contributed by atoms with Crippen LogP contribution < -0.4 is 0 Å². The first-order chi connectivity index (χ1) is 5.80. The summed E-state index contributed by atoms with van der Waals surface area (Å²) in [6, 6.07) is 0. The largest absolute Gasteiger partial charge is 0.467 e. The Kier molecular flexibility index (Phi) is 1.06. The summed E-state index contributed by atoms with van der Waals surface area (Å²) in [6.07, 6.45) is 3.87. The second-order valence-corrected chi connectivity index (χ2v) is 4.02. The minimum absolute atomic E-state index is 0.143. The molecule has 0 bridgehead atoms. The molecule has 1 aliphatic heterocycles. The molecule has 1 saturated heterocycles. The van der Waals surface area contributed by atoms with Gasteiger partial charge in [-0.2, -0.15) is 0 Å². The molecule has 3 aliphatic rings. The summed E-state index contributed by atoms with van der Waals surface area (Å²) in [5.41, 5.74) is -0.462. The quantitative estimate of drug-likeness (QED) is 0.428. The summed E-state index contributed by atoms with van der Waals surface area (Å²) in [6.45, 7) is 0. The molecule has 4 unspecified atom stereocenters. The Balaban J connectivity index is 1.85. The summed E-state index contributed by atoms with van der Waals surface area (Å²) in [4.78, 5) is 11.4. The van der Waals surface area contributed by atoms with E-state index in [9.17, 15) is 4.79 Å². The van der Waals surface area contributed by atoms with Crippen molar-refractivity contribution in [3.63, 3.8) is 0 Å². The van der Waals surface area contributed by atoms with E-state index in [0.29, 0.717) is 11.8 Å². The van der Waals surface area contributed by atoms with Gasteiger partial charge in [0, 0.05) is 5.92 Å². The average molecular weight is 168 g/mol. The number of epoxide rings is 1. The Hall–Kier alpha value is -0.570. The zero-order chi connectivity index (χ0) is 8.34. The first-order valence-corrected chi connectivity index (χ1v) is 4.57. The van der Waals surface area contributed by atoms with Gasteiger partial charge in [-0.25, -0.2) is 4.79 Å². The number of hydrogen-bond acceptors (Lipinski definition) is 3. The van der Waals surface area contributed by atoms with Crippen molar-refractivity contribution < 1.29 is 14.3 Å². The molecule has 1 heterocycles. The standard InChI is InChI=1S/C9H12O3/c1-11-8(10)9-6-4-2-3-5(6)7(9)12-9/h5-7H,2-4H2,1H3. The van der Waals surface area contributed by atoms with E-state index in [1.54, 1.807) is 0 Å². The van der Waals surface area contributed by atoms with Crippen molar-refractivity contribution in [2.24, 2.45) is 11.8 Å². The van der Waals surface area contributed by atoms with Crippen LogP contribution in [0.3, 0.4) is 0 Å². The predicted octanol–water partition coefficient (Wildman–Crippen LogP) is 0.727. The fraction of sp³-hybridized carbons (Fsp3) is 0.889. The van der Waals surface area contributed by atoms with Crippen LogP contribution >= 0.6 is 0 Å². The fourth-order valence-electron chi connectivity index (χ4n) is 3.12. The van der Waals surface area contributed by atoms with E-state index in [4.69, 9.17) is 9.47 Å². The van der Waals surface area contributed by atoms with Crippen LogP contribution in [-0.4, -0.2) is 24.8 Å². The maximum Gasteiger partial charge on any atom is 0.341 e. The number of carbonyl (C=O) groups is 1. The maximum absolute atomic E-state index is 11.4. The van der Waals surface area contributed by atoms with Gasteiger partial charge in [-0.15, -0.1) is 0 Å². The van der Waals surface area contributed by atoms with Gasteiger partial charge in [0.05, 0.1) is 7.11 Å². The number of ether oxygens (including phenoxy) is 2. The van der Waals surface area contributed by atoms with Gasteiger partial charge in [0.25, 0.3) is 0 Å². The molecule has 66 valence electrons. The Labute approximate surface area is 71.0 Å². The van der Waals surface area contributed by atoms with Crippen LogP contribution in [0, 0.1) is 11.8 Å². The van der Waals surface area contributed by atoms with E-state index in [2.05, 4.69) is 0 Å². The van der Waals surface area contributed by atoms with Crippen molar-refractivity contribution in [1.82, 2.24) is 0 Å². The molecule has 0 spiro atoms. The van der Waals surface area contributed by atoms with Crippen LogP contribution in [-0.2, 0) is 14.3 Å². The van der Waals surface area contributed by atoms with Crippen LogP contribution in [0.15, 0.2) is 0 Å². The van der Waals surface area contributed by atoms with E-state index < -0.39 is 5.60 Å². The highest BCUT2D eigenvalue weighted by atomic mass is 16.7. The summed E-state index contributed by atoms with van der Waals surface area (Å²) in [5, 5.41) is 0. The first-order valence-electron chi connectivity index (χ1n) is 4.57. The molecule has 3 fully saturated rings. The number of carbonyl (C=O) groups excluding carboxylic acids is 1. The molecule has 0 radical (unpaired) electrons. The summed E-state index contributed by atoms with van der Waals surface area (Å²) in [7, 11) is 1.44. The van der Waals surface area contributed by atoms with E-state index in [0.717, 1.165) is 6.42 Å². The highest BCUT2D eigenvalue weighted by Crippen LogP contribution is 2.67. The maximum atomic E-state index is 11.4. The molecule has 0 aromatic rings. The van der Waals surface area contributed by atoms with Gasteiger partial charge in [0.15, 0.2) is 5.60 Å². The smallest absolute Gasteiger partial charge is 0.341 e. The van der Waals surface area contributed by atoms with Gasteiger partial charge in [-0.1, -0.05) is 6.42 Å². The summed E-state index contributed by atoms with van der Waals surface area (Å²) < 4.78 is 10.2. The zero-order valence-corrected chi connectivity index (χ0v) is 7.08. The van der Waals surface area contributed by atoms with Gasteiger partial charge in [-0.05, 0) is 18.8 Å². The van der Waals surface area contributed by atoms with E-state index in [-0.39, 0.29) is 12.1 Å². The SMILES string of the molecule is COC(=O)C12OC1C1CCCC12. The predicted molar refractivity (Wildman–Crippen MR) is 40.5 cm³/mol. The lowest BCUT2D eigenvalue weighted by atomic mass is 9.67. The molecule has 0 amide bonds. The Morgan fingerprint density at radius 2 is 2.42 bits per heavy atom. The molecule has 12 heavy (non-hydrogen) atoms. The van der Waals surface area contributed by atoms with Gasteiger partial charge in [-0.3, -0.25) is 0 Å². The van der Waals surface area contributed by atoms with Crippen molar-refractivity contribution in [1.29, 1.82) is 0 Å². The molecule has 0 aromatic heterocycles. The third kappa shape index (κ3) is 0.505. The lowest BCUT2D eigenvalue weighted by molar-refractivity contribution is -0.151. The van der Waals surface area contributed by atoms with E-state index in [1.165, 1.54) is 20.0 Å². The molecule has 2 aliphatic carbocycles. The molecule has 0 N–H and O–H groups in total. The third-order valence-electron chi connectivity index (χ3n) is 3.70. The number of hydrogen-bond donors (Lipinski definition) is 0. The Morgan fingerprint density at radius 3 is 3.17 bits per heavy atom. The minimum atomic E-state index is -0.462.